The summed E-state index contributed by atoms with van der Waals surface area (Å²) in [6.07, 6.45) is 0. The molecule has 9 aromatic rings. The number of fused-ring (bicyclic) bond motifs is 5. The quantitative estimate of drug-likeness (QED) is 0.175. The zero-order chi connectivity index (χ0) is 29.7. The molecule has 0 fully saturated rings. The van der Waals surface area contributed by atoms with Crippen LogP contribution in [0.1, 0.15) is 0 Å². The Bertz CT molecular complexity index is 2450. The summed E-state index contributed by atoms with van der Waals surface area (Å²) in [6.45, 7) is 0. The van der Waals surface area contributed by atoms with Crippen LogP contribution < -0.4 is 4.90 Å². The number of oxazole rings is 1. The van der Waals surface area contributed by atoms with E-state index in [1.54, 1.807) is 0 Å². The number of anilines is 3. The van der Waals surface area contributed by atoms with E-state index in [1.807, 2.05) is 24.3 Å². The standard InChI is InChI=1S/C41H26N2OSe/c1-2-10-27(11-3-1)28-20-22-30(23-21-28)43(36-17-8-13-29-12-4-5-14-32(29)36)31-24-25-33-39(26-31)45-38-19-9-15-34(40(33)38)41-42-35-16-6-7-18-37(35)44-41/h1-26H. The van der Waals surface area contributed by atoms with E-state index in [0.29, 0.717) is 5.89 Å². The number of hydrogen-bond donors (Lipinski definition) is 0. The summed E-state index contributed by atoms with van der Waals surface area (Å²) in [7, 11) is 0. The maximum absolute atomic E-state index is 6.24. The van der Waals surface area contributed by atoms with E-state index in [4.69, 9.17) is 9.40 Å². The van der Waals surface area contributed by atoms with Gasteiger partial charge in [0.25, 0.3) is 0 Å². The first kappa shape index (κ1) is 26.0. The van der Waals surface area contributed by atoms with Crippen molar-refractivity contribution in [3.05, 3.63) is 158 Å². The summed E-state index contributed by atoms with van der Waals surface area (Å²) in [4.78, 5) is 7.25. The molecule has 212 valence electrons. The molecule has 0 saturated heterocycles. The molecule has 0 bridgehead atoms. The Kier molecular flexibility index (Phi) is 6.15. The Labute approximate surface area is 266 Å². The topological polar surface area (TPSA) is 29.3 Å². The third-order valence-corrected chi connectivity index (χ3v) is 10.8. The van der Waals surface area contributed by atoms with Gasteiger partial charge in [-0.2, -0.15) is 0 Å². The summed E-state index contributed by atoms with van der Waals surface area (Å²) in [5.41, 5.74) is 8.61. The summed E-state index contributed by atoms with van der Waals surface area (Å²) >= 11 is 0.157. The first-order valence-corrected chi connectivity index (χ1v) is 16.8. The third kappa shape index (κ3) is 4.46. The van der Waals surface area contributed by atoms with Gasteiger partial charge in [0.1, 0.15) is 0 Å². The van der Waals surface area contributed by atoms with Gasteiger partial charge in [-0.1, -0.05) is 0 Å². The van der Waals surface area contributed by atoms with Gasteiger partial charge in [0.05, 0.1) is 0 Å². The molecule has 2 aromatic heterocycles. The van der Waals surface area contributed by atoms with Gasteiger partial charge < -0.3 is 0 Å². The molecule has 2 heterocycles. The molecule has 9 rings (SSSR count). The molecule has 45 heavy (non-hydrogen) atoms. The van der Waals surface area contributed by atoms with E-state index < -0.39 is 0 Å². The summed E-state index contributed by atoms with van der Waals surface area (Å²) < 4.78 is 8.97. The van der Waals surface area contributed by atoms with Gasteiger partial charge in [0.2, 0.25) is 0 Å². The fourth-order valence-corrected chi connectivity index (χ4v) is 8.83. The zero-order valence-electron chi connectivity index (χ0n) is 24.2. The van der Waals surface area contributed by atoms with Crippen molar-refractivity contribution >= 4 is 72.7 Å². The second kappa shape index (κ2) is 10.6. The number of aromatic nitrogens is 1. The van der Waals surface area contributed by atoms with Gasteiger partial charge in [0, 0.05) is 0 Å². The van der Waals surface area contributed by atoms with Crippen molar-refractivity contribution < 1.29 is 4.42 Å². The molecule has 0 aliphatic heterocycles. The van der Waals surface area contributed by atoms with E-state index in [9.17, 15) is 0 Å². The number of benzene rings is 7. The Morgan fingerprint density at radius 3 is 2.16 bits per heavy atom. The predicted octanol–water partition coefficient (Wildman–Crippen LogP) is 11.1. The van der Waals surface area contributed by atoms with E-state index in [0.717, 1.165) is 33.7 Å². The monoisotopic (exact) mass is 642 g/mol. The SMILES string of the molecule is c1ccc(-c2ccc(N(c3ccc4c(c3)[se]c3cccc(-c5nc6ccccc6o5)c34)c3cccc4ccccc34)cc2)cc1. The molecule has 0 atom stereocenters. The molecule has 0 unspecified atom stereocenters. The Hall–Kier alpha value is -5.41. The van der Waals surface area contributed by atoms with Crippen LogP contribution in [0.25, 0.3) is 63.7 Å². The molecular formula is C41H26N2OSe. The summed E-state index contributed by atoms with van der Waals surface area (Å²) in [5, 5.41) is 4.96. The molecule has 0 aliphatic rings. The number of hydrogen-bond acceptors (Lipinski definition) is 3. The normalized spacial score (nSPS) is 11.6. The van der Waals surface area contributed by atoms with Crippen LogP contribution in [0.2, 0.25) is 0 Å². The van der Waals surface area contributed by atoms with Crippen molar-refractivity contribution in [3.8, 4) is 22.6 Å². The van der Waals surface area contributed by atoms with Gasteiger partial charge in [-0.15, -0.1) is 0 Å². The van der Waals surface area contributed by atoms with Crippen LogP contribution >= 0.6 is 0 Å². The molecule has 4 heteroatoms. The Morgan fingerprint density at radius 2 is 1.27 bits per heavy atom. The van der Waals surface area contributed by atoms with E-state index in [1.165, 1.54) is 41.2 Å². The molecule has 7 aromatic carbocycles. The van der Waals surface area contributed by atoms with Crippen LogP contribution in [0.5, 0.6) is 0 Å². The maximum atomic E-state index is 6.24. The average molecular weight is 642 g/mol. The zero-order valence-corrected chi connectivity index (χ0v) is 25.9. The fraction of sp³-hybridized carbons (Fsp3) is 0. The van der Waals surface area contributed by atoms with Crippen molar-refractivity contribution in [1.82, 2.24) is 4.98 Å². The van der Waals surface area contributed by atoms with Crippen LogP contribution in [-0.2, 0) is 0 Å². The molecule has 0 spiro atoms. The summed E-state index contributed by atoms with van der Waals surface area (Å²) in [5.74, 6) is 0.677. The van der Waals surface area contributed by atoms with Crippen molar-refractivity contribution in [2.45, 2.75) is 0 Å². The molecule has 0 radical (unpaired) electrons. The van der Waals surface area contributed by atoms with Crippen LogP contribution in [0.15, 0.2) is 162 Å². The molecule has 0 N–H and O–H groups in total. The number of rotatable bonds is 5. The van der Waals surface area contributed by atoms with Gasteiger partial charge in [-0.3, -0.25) is 0 Å². The van der Waals surface area contributed by atoms with Gasteiger partial charge >= 0.3 is 267 Å². The van der Waals surface area contributed by atoms with Crippen molar-refractivity contribution in [3.63, 3.8) is 0 Å². The van der Waals surface area contributed by atoms with E-state index in [-0.39, 0.29) is 14.5 Å². The van der Waals surface area contributed by atoms with Gasteiger partial charge in [-0.05, 0) is 0 Å². The first-order valence-electron chi connectivity index (χ1n) is 15.0. The first-order chi connectivity index (χ1) is 22.3. The van der Waals surface area contributed by atoms with Crippen LogP contribution in [0.3, 0.4) is 0 Å². The Balaban J connectivity index is 1.22. The minimum atomic E-state index is 0.157. The molecule has 3 nitrogen and oxygen atoms in total. The minimum absolute atomic E-state index is 0.157. The summed E-state index contributed by atoms with van der Waals surface area (Å²) in [6, 6.07) is 56.1. The second-order valence-corrected chi connectivity index (χ2v) is 13.5. The van der Waals surface area contributed by atoms with E-state index in [2.05, 4.69) is 138 Å². The fourth-order valence-electron chi connectivity index (χ4n) is 6.38. The van der Waals surface area contributed by atoms with E-state index >= 15 is 0 Å². The molecular weight excluding hydrogens is 615 g/mol. The van der Waals surface area contributed by atoms with Crippen LogP contribution in [-0.4, -0.2) is 19.5 Å². The average Bonchev–Trinajstić information content (AvgIpc) is 3.71. The predicted molar refractivity (Wildman–Crippen MR) is 189 cm³/mol. The molecule has 0 amide bonds. The van der Waals surface area contributed by atoms with Crippen LogP contribution in [0.4, 0.5) is 17.1 Å². The van der Waals surface area contributed by atoms with Crippen molar-refractivity contribution in [1.29, 1.82) is 0 Å². The third-order valence-electron chi connectivity index (χ3n) is 8.50. The van der Waals surface area contributed by atoms with Gasteiger partial charge in [-0.25, -0.2) is 0 Å². The second-order valence-electron chi connectivity index (χ2n) is 11.2. The molecule has 0 saturated carbocycles. The molecule has 0 aliphatic carbocycles. The van der Waals surface area contributed by atoms with Crippen LogP contribution in [0, 0.1) is 0 Å². The van der Waals surface area contributed by atoms with Gasteiger partial charge in [0.15, 0.2) is 0 Å². The van der Waals surface area contributed by atoms with Crippen molar-refractivity contribution in [2.24, 2.45) is 0 Å². The van der Waals surface area contributed by atoms with Crippen molar-refractivity contribution in [2.75, 3.05) is 4.90 Å². The number of para-hydroxylation sites is 2. The number of nitrogens with zero attached hydrogens (tertiary/aromatic N) is 2. The Morgan fingerprint density at radius 1 is 0.533 bits per heavy atom.